The maximum Gasteiger partial charge on any atom is 0.237 e. The van der Waals surface area contributed by atoms with Crippen LogP contribution in [0.2, 0.25) is 0 Å². The Morgan fingerprint density at radius 3 is 2.94 bits per heavy atom. The topological polar surface area (TPSA) is 41.1 Å². The van der Waals surface area contributed by atoms with Gasteiger partial charge in [0.05, 0.1) is 12.6 Å². The first-order valence-electron chi connectivity index (χ1n) is 5.11. The minimum Gasteiger partial charge on any atom is -0.344 e. The van der Waals surface area contributed by atoms with Gasteiger partial charge >= 0.3 is 0 Å². The standard InChI is InChI=1S/C12H16N2OS/c1-4-5-13-12(15)10(3)14-6-11-8-16-7-9(11)2/h1,7-8,10,14H,5-6H2,2-3H3,(H,13,15). The molecule has 0 fully saturated rings. The van der Waals surface area contributed by atoms with Gasteiger partial charge in [0.15, 0.2) is 0 Å². The number of hydrogen-bond donors (Lipinski definition) is 2. The lowest BCUT2D eigenvalue weighted by atomic mass is 10.2. The van der Waals surface area contributed by atoms with E-state index in [-0.39, 0.29) is 18.5 Å². The van der Waals surface area contributed by atoms with Gasteiger partial charge in [0.2, 0.25) is 5.91 Å². The molecule has 2 N–H and O–H groups in total. The van der Waals surface area contributed by atoms with Gasteiger partial charge in [-0.05, 0) is 35.7 Å². The van der Waals surface area contributed by atoms with E-state index >= 15 is 0 Å². The summed E-state index contributed by atoms with van der Waals surface area (Å²) in [5.74, 6) is 2.31. The van der Waals surface area contributed by atoms with Gasteiger partial charge in [-0.15, -0.1) is 6.42 Å². The second-order valence-corrected chi connectivity index (χ2v) is 4.35. The molecule has 1 amide bonds. The van der Waals surface area contributed by atoms with E-state index in [0.717, 1.165) is 0 Å². The van der Waals surface area contributed by atoms with Crippen molar-refractivity contribution in [1.82, 2.24) is 10.6 Å². The molecule has 0 radical (unpaired) electrons. The van der Waals surface area contributed by atoms with Crippen LogP contribution in [-0.4, -0.2) is 18.5 Å². The highest BCUT2D eigenvalue weighted by molar-refractivity contribution is 7.08. The summed E-state index contributed by atoms with van der Waals surface area (Å²) in [5, 5.41) is 9.99. The molecule has 0 aromatic carbocycles. The van der Waals surface area contributed by atoms with Gasteiger partial charge in [0, 0.05) is 6.54 Å². The molecule has 1 heterocycles. The van der Waals surface area contributed by atoms with E-state index in [1.807, 2.05) is 6.92 Å². The van der Waals surface area contributed by atoms with Crippen molar-refractivity contribution in [2.75, 3.05) is 6.54 Å². The first kappa shape index (κ1) is 12.8. The molecule has 0 bridgehead atoms. The fraction of sp³-hybridized carbons (Fsp3) is 0.417. The van der Waals surface area contributed by atoms with Crippen molar-refractivity contribution in [2.45, 2.75) is 26.4 Å². The Kier molecular flexibility index (Phi) is 5.03. The van der Waals surface area contributed by atoms with Crippen LogP contribution < -0.4 is 10.6 Å². The van der Waals surface area contributed by atoms with E-state index in [1.165, 1.54) is 11.1 Å². The molecule has 4 heteroatoms. The molecule has 16 heavy (non-hydrogen) atoms. The van der Waals surface area contributed by atoms with Crippen molar-refractivity contribution >= 4 is 17.2 Å². The lowest BCUT2D eigenvalue weighted by Crippen LogP contribution is -2.41. The molecule has 0 spiro atoms. The van der Waals surface area contributed by atoms with Crippen LogP contribution in [0.25, 0.3) is 0 Å². The largest absolute Gasteiger partial charge is 0.344 e. The summed E-state index contributed by atoms with van der Waals surface area (Å²) in [6, 6.07) is -0.229. The van der Waals surface area contributed by atoms with E-state index in [0.29, 0.717) is 6.54 Å². The Bertz CT molecular complexity index is 392. The van der Waals surface area contributed by atoms with Gasteiger partial charge in [-0.1, -0.05) is 5.92 Å². The Hall–Kier alpha value is -1.31. The first-order valence-corrected chi connectivity index (χ1v) is 6.05. The number of carbonyl (C=O) groups excluding carboxylic acids is 1. The first-order chi connectivity index (χ1) is 7.65. The minimum atomic E-state index is -0.229. The van der Waals surface area contributed by atoms with Gasteiger partial charge in [-0.25, -0.2) is 0 Å². The number of amides is 1. The summed E-state index contributed by atoms with van der Waals surface area (Å²) >= 11 is 1.67. The fourth-order valence-electron chi connectivity index (χ4n) is 1.21. The van der Waals surface area contributed by atoms with Gasteiger partial charge < -0.3 is 10.6 Å². The molecule has 0 saturated carbocycles. The third kappa shape index (κ3) is 3.69. The number of aryl methyl sites for hydroxylation is 1. The van der Waals surface area contributed by atoms with Crippen LogP contribution in [0.5, 0.6) is 0 Å². The molecule has 1 aromatic heterocycles. The summed E-state index contributed by atoms with van der Waals surface area (Å²) in [4.78, 5) is 11.5. The summed E-state index contributed by atoms with van der Waals surface area (Å²) < 4.78 is 0. The van der Waals surface area contributed by atoms with E-state index in [1.54, 1.807) is 11.3 Å². The molecule has 0 aliphatic heterocycles. The fourth-order valence-corrected chi connectivity index (χ4v) is 2.07. The lowest BCUT2D eigenvalue weighted by Gasteiger charge is -2.12. The maximum absolute atomic E-state index is 11.5. The summed E-state index contributed by atoms with van der Waals surface area (Å²) in [6.45, 7) is 4.88. The van der Waals surface area contributed by atoms with Gasteiger partial charge in [-0.3, -0.25) is 4.79 Å². The zero-order chi connectivity index (χ0) is 12.0. The predicted octanol–water partition coefficient (Wildman–Crippen LogP) is 1.28. The van der Waals surface area contributed by atoms with Crippen molar-refractivity contribution < 1.29 is 4.79 Å². The molecule has 1 aromatic rings. The summed E-state index contributed by atoms with van der Waals surface area (Å²) in [6.07, 6.45) is 5.06. The van der Waals surface area contributed by atoms with E-state index in [9.17, 15) is 4.79 Å². The monoisotopic (exact) mass is 236 g/mol. The molecule has 0 aliphatic carbocycles. The normalized spacial score (nSPS) is 11.8. The summed E-state index contributed by atoms with van der Waals surface area (Å²) in [7, 11) is 0. The molecule has 1 unspecified atom stereocenters. The highest BCUT2D eigenvalue weighted by Gasteiger charge is 2.11. The van der Waals surface area contributed by atoms with Crippen LogP contribution in [-0.2, 0) is 11.3 Å². The zero-order valence-electron chi connectivity index (χ0n) is 9.54. The quantitative estimate of drug-likeness (QED) is 0.756. The molecule has 3 nitrogen and oxygen atoms in total. The summed E-state index contributed by atoms with van der Waals surface area (Å²) in [5.41, 5.74) is 2.50. The average Bonchev–Trinajstić information content (AvgIpc) is 2.68. The number of carbonyl (C=O) groups is 1. The van der Waals surface area contributed by atoms with Crippen LogP contribution in [0.3, 0.4) is 0 Å². The molecule has 0 aliphatic rings. The Morgan fingerprint density at radius 1 is 1.62 bits per heavy atom. The Morgan fingerprint density at radius 2 is 2.38 bits per heavy atom. The minimum absolute atomic E-state index is 0.0640. The molecule has 1 rings (SSSR count). The van der Waals surface area contributed by atoms with Crippen molar-refractivity contribution in [3.63, 3.8) is 0 Å². The SMILES string of the molecule is C#CCNC(=O)C(C)NCc1cscc1C. The maximum atomic E-state index is 11.5. The zero-order valence-corrected chi connectivity index (χ0v) is 10.4. The smallest absolute Gasteiger partial charge is 0.237 e. The van der Waals surface area contributed by atoms with Crippen molar-refractivity contribution in [1.29, 1.82) is 0 Å². The molecule has 0 saturated heterocycles. The number of rotatable bonds is 5. The van der Waals surface area contributed by atoms with Crippen LogP contribution >= 0.6 is 11.3 Å². The Balaban J connectivity index is 2.35. The van der Waals surface area contributed by atoms with E-state index in [4.69, 9.17) is 6.42 Å². The second kappa shape index (κ2) is 6.31. The third-order valence-electron chi connectivity index (χ3n) is 2.32. The second-order valence-electron chi connectivity index (χ2n) is 3.60. The highest BCUT2D eigenvalue weighted by Crippen LogP contribution is 2.13. The van der Waals surface area contributed by atoms with Crippen molar-refractivity contribution in [2.24, 2.45) is 0 Å². The van der Waals surface area contributed by atoms with Gasteiger partial charge in [0.25, 0.3) is 0 Å². The number of terminal acetylenes is 1. The van der Waals surface area contributed by atoms with Crippen LogP contribution in [0.4, 0.5) is 0 Å². The van der Waals surface area contributed by atoms with Crippen molar-refractivity contribution in [3.05, 3.63) is 21.9 Å². The van der Waals surface area contributed by atoms with Crippen LogP contribution in [0, 0.1) is 19.3 Å². The van der Waals surface area contributed by atoms with Crippen molar-refractivity contribution in [3.8, 4) is 12.3 Å². The average molecular weight is 236 g/mol. The van der Waals surface area contributed by atoms with Crippen LogP contribution in [0.15, 0.2) is 10.8 Å². The molecule has 86 valence electrons. The lowest BCUT2D eigenvalue weighted by molar-refractivity contribution is -0.122. The number of nitrogens with one attached hydrogen (secondary N) is 2. The highest BCUT2D eigenvalue weighted by atomic mass is 32.1. The van der Waals surface area contributed by atoms with Gasteiger partial charge in [0.1, 0.15) is 0 Å². The van der Waals surface area contributed by atoms with E-state index < -0.39 is 0 Å². The number of thiophene rings is 1. The Labute approximate surface area is 100 Å². The van der Waals surface area contributed by atoms with Gasteiger partial charge in [-0.2, -0.15) is 11.3 Å². The third-order valence-corrected chi connectivity index (χ3v) is 3.23. The van der Waals surface area contributed by atoms with E-state index in [2.05, 4.69) is 34.2 Å². The van der Waals surface area contributed by atoms with Crippen LogP contribution in [0.1, 0.15) is 18.1 Å². The molecule has 1 atom stereocenters. The molecular weight excluding hydrogens is 220 g/mol. The number of hydrogen-bond acceptors (Lipinski definition) is 3. The molecular formula is C12H16N2OS. The predicted molar refractivity (Wildman–Crippen MR) is 67.2 cm³/mol.